The second-order valence-corrected chi connectivity index (χ2v) is 9.82. The summed E-state index contributed by atoms with van der Waals surface area (Å²) in [6.07, 6.45) is 5.97. The number of hydrogen-bond acceptors (Lipinski definition) is 3. The van der Waals surface area contributed by atoms with E-state index in [0.29, 0.717) is 24.4 Å². The van der Waals surface area contributed by atoms with Crippen LogP contribution in [0, 0.1) is 5.92 Å². The molecule has 4 heteroatoms. The first-order valence-corrected chi connectivity index (χ1v) is 13.0. The van der Waals surface area contributed by atoms with Gasteiger partial charge in [-0.15, -0.1) is 0 Å². The molecule has 1 aromatic heterocycles. The predicted octanol–water partition coefficient (Wildman–Crippen LogP) is 7.47. The highest BCUT2D eigenvalue weighted by Gasteiger charge is 2.33. The van der Waals surface area contributed by atoms with E-state index in [1.807, 2.05) is 18.2 Å². The Bertz CT molecular complexity index is 1400. The molecule has 0 fully saturated rings. The number of aromatic nitrogens is 1. The first-order chi connectivity index (χ1) is 17.6. The van der Waals surface area contributed by atoms with Crippen LogP contribution in [0.3, 0.4) is 0 Å². The summed E-state index contributed by atoms with van der Waals surface area (Å²) in [5.41, 5.74) is 6.71. The third kappa shape index (κ3) is 4.48. The van der Waals surface area contributed by atoms with Crippen LogP contribution in [0.25, 0.3) is 22.0 Å². The fraction of sp³-hybridized carbons (Fsp3) is 0.312. The molecule has 1 aliphatic rings. The van der Waals surface area contributed by atoms with Crippen LogP contribution in [-0.4, -0.2) is 23.4 Å². The van der Waals surface area contributed by atoms with Crippen LogP contribution in [-0.2, 0) is 17.7 Å². The third-order valence-corrected chi connectivity index (χ3v) is 7.48. The van der Waals surface area contributed by atoms with Crippen molar-refractivity contribution in [1.82, 2.24) is 4.57 Å². The number of rotatable bonds is 8. The van der Waals surface area contributed by atoms with E-state index in [4.69, 9.17) is 4.74 Å². The van der Waals surface area contributed by atoms with Crippen LogP contribution in [0.5, 0.6) is 0 Å². The number of Topliss-reactive ketones (excluding diaryl/α,β-unsaturated/α-hetero) is 1. The van der Waals surface area contributed by atoms with Gasteiger partial charge in [-0.1, -0.05) is 86.8 Å². The smallest absolute Gasteiger partial charge is 0.338 e. The molecule has 3 aromatic carbocycles. The van der Waals surface area contributed by atoms with Gasteiger partial charge in [-0.3, -0.25) is 4.79 Å². The highest BCUT2D eigenvalue weighted by molar-refractivity contribution is 6.16. The maximum atomic E-state index is 13.6. The number of methoxy groups -OCH3 is 1. The first kappa shape index (κ1) is 24.1. The third-order valence-electron chi connectivity index (χ3n) is 7.48. The lowest BCUT2D eigenvalue weighted by atomic mass is 9.82. The fourth-order valence-electron chi connectivity index (χ4n) is 5.75. The maximum Gasteiger partial charge on any atom is 0.338 e. The molecule has 0 radical (unpaired) electrons. The molecule has 4 nitrogen and oxygen atoms in total. The minimum Gasteiger partial charge on any atom is -0.465 e. The number of nitrogens with zero attached hydrogens (tertiary/aromatic N) is 1. The summed E-state index contributed by atoms with van der Waals surface area (Å²) in [6.45, 7) is 2.84. The number of unbranched alkanes of at least 4 members (excludes halogenated alkanes) is 2. The van der Waals surface area contributed by atoms with E-state index >= 15 is 0 Å². The van der Waals surface area contributed by atoms with Crippen molar-refractivity contribution in [2.75, 3.05) is 7.11 Å². The zero-order valence-corrected chi connectivity index (χ0v) is 21.1. The molecule has 0 saturated heterocycles. The molecule has 4 aromatic rings. The Labute approximate surface area is 212 Å². The van der Waals surface area contributed by atoms with Gasteiger partial charge in [0.2, 0.25) is 0 Å². The van der Waals surface area contributed by atoms with Crippen molar-refractivity contribution in [2.24, 2.45) is 5.92 Å². The minimum absolute atomic E-state index is 0.147. The molecular formula is C32H33NO3. The highest BCUT2D eigenvalue weighted by Crippen LogP contribution is 2.39. The SMILES string of the molecule is CCCCCC1CC(=O)c2c(n(Cc3ccccc3-c3ccccc3)c3cccc(C(=O)OC)c23)C1. The number of benzene rings is 3. The molecule has 0 N–H and O–H groups in total. The monoisotopic (exact) mass is 479 g/mol. The van der Waals surface area contributed by atoms with Gasteiger partial charge in [0.25, 0.3) is 0 Å². The van der Waals surface area contributed by atoms with Crippen molar-refractivity contribution >= 4 is 22.7 Å². The van der Waals surface area contributed by atoms with Gasteiger partial charge in [-0.25, -0.2) is 4.79 Å². The lowest BCUT2D eigenvalue weighted by Crippen LogP contribution is -2.22. The van der Waals surface area contributed by atoms with E-state index in [0.717, 1.165) is 41.4 Å². The van der Waals surface area contributed by atoms with Crippen LogP contribution >= 0.6 is 0 Å². The van der Waals surface area contributed by atoms with Crippen LogP contribution in [0.15, 0.2) is 72.8 Å². The standard InChI is InChI=1S/C32H33NO3/c1-3-4-6-12-22-19-28-31(29(34)20-22)30-26(32(35)36-2)17-11-18-27(30)33(28)21-24-15-9-10-16-25(24)23-13-7-5-8-14-23/h5,7-11,13-18,22H,3-4,6,12,19-21H2,1-2H3. The first-order valence-electron chi connectivity index (χ1n) is 13.0. The second-order valence-electron chi connectivity index (χ2n) is 9.82. The van der Waals surface area contributed by atoms with Crippen molar-refractivity contribution in [1.29, 1.82) is 0 Å². The van der Waals surface area contributed by atoms with Gasteiger partial charge in [-0.05, 0) is 47.6 Å². The van der Waals surface area contributed by atoms with Crippen molar-refractivity contribution in [2.45, 2.75) is 52.0 Å². The van der Waals surface area contributed by atoms with E-state index in [9.17, 15) is 9.59 Å². The largest absolute Gasteiger partial charge is 0.465 e. The Kier molecular flexibility index (Phi) is 7.04. The Morgan fingerprint density at radius 2 is 1.72 bits per heavy atom. The molecule has 1 unspecified atom stereocenters. The molecule has 0 amide bonds. The summed E-state index contributed by atoms with van der Waals surface area (Å²) in [6, 6.07) is 24.6. The minimum atomic E-state index is -0.400. The topological polar surface area (TPSA) is 48.3 Å². The molecule has 0 aliphatic heterocycles. The maximum absolute atomic E-state index is 13.6. The number of carbonyl (C=O) groups excluding carboxylic acids is 2. The average Bonchev–Trinajstić information content (AvgIpc) is 3.23. The molecule has 36 heavy (non-hydrogen) atoms. The Balaban J connectivity index is 1.66. The normalized spacial score (nSPS) is 15.2. The van der Waals surface area contributed by atoms with Gasteiger partial charge in [-0.2, -0.15) is 0 Å². The number of fused-ring (bicyclic) bond motifs is 3. The Morgan fingerprint density at radius 1 is 0.944 bits per heavy atom. The average molecular weight is 480 g/mol. The lowest BCUT2D eigenvalue weighted by Gasteiger charge is -2.24. The van der Waals surface area contributed by atoms with Gasteiger partial charge in [0.05, 0.1) is 18.2 Å². The van der Waals surface area contributed by atoms with E-state index < -0.39 is 5.97 Å². The fourth-order valence-corrected chi connectivity index (χ4v) is 5.75. The van der Waals surface area contributed by atoms with Gasteiger partial charge < -0.3 is 9.30 Å². The Morgan fingerprint density at radius 3 is 2.50 bits per heavy atom. The van der Waals surface area contributed by atoms with Crippen LogP contribution < -0.4 is 0 Å². The van der Waals surface area contributed by atoms with Gasteiger partial charge in [0, 0.05) is 29.6 Å². The second kappa shape index (κ2) is 10.5. The molecule has 184 valence electrons. The molecule has 5 rings (SSSR count). The summed E-state index contributed by atoms with van der Waals surface area (Å²) < 4.78 is 7.38. The number of ketones is 1. The predicted molar refractivity (Wildman–Crippen MR) is 145 cm³/mol. The van der Waals surface area contributed by atoms with E-state index in [2.05, 4.69) is 60.0 Å². The van der Waals surface area contributed by atoms with Crippen molar-refractivity contribution in [3.05, 3.63) is 95.2 Å². The van der Waals surface area contributed by atoms with Crippen molar-refractivity contribution < 1.29 is 14.3 Å². The summed E-state index contributed by atoms with van der Waals surface area (Å²) in [5.74, 6) is 0.0860. The molecule has 1 heterocycles. The zero-order valence-electron chi connectivity index (χ0n) is 21.1. The molecule has 0 spiro atoms. The number of carbonyl (C=O) groups is 2. The molecule has 1 atom stereocenters. The molecular weight excluding hydrogens is 446 g/mol. The van der Waals surface area contributed by atoms with Crippen LogP contribution in [0.4, 0.5) is 0 Å². The Hall–Kier alpha value is -3.66. The van der Waals surface area contributed by atoms with E-state index in [-0.39, 0.29) is 5.78 Å². The zero-order chi connectivity index (χ0) is 25.1. The van der Waals surface area contributed by atoms with Crippen LogP contribution in [0.2, 0.25) is 0 Å². The molecule has 0 saturated carbocycles. The summed E-state index contributed by atoms with van der Waals surface area (Å²) in [5, 5.41) is 0.744. The molecule has 1 aliphatic carbocycles. The van der Waals surface area contributed by atoms with E-state index in [1.54, 1.807) is 6.07 Å². The van der Waals surface area contributed by atoms with E-state index in [1.165, 1.54) is 36.6 Å². The van der Waals surface area contributed by atoms with Gasteiger partial charge in [0.1, 0.15) is 0 Å². The summed E-state index contributed by atoms with van der Waals surface area (Å²) in [4.78, 5) is 26.3. The van der Waals surface area contributed by atoms with Crippen molar-refractivity contribution in [3.8, 4) is 11.1 Å². The highest BCUT2D eigenvalue weighted by atomic mass is 16.5. The lowest BCUT2D eigenvalue weighted by molar-refractivity contribution is 0.0603. The van der Waals surface area contributed by atoms with Gasteiger partial charge >= 0.3 is 5.97 Å². The number of ether oxygens (including phenoxy) is 1. The summed E-state index contributed by atoms with van der Waals surface area (Å²) in [7, 11) is 1.40. The molecule has 0 bridgehead atoms. The van der Waals surface area contributed by atoms with Crippen LogP contribution in [0.1, 0.15) is 71.0 Å². The number of esters is 1. The van der Waals surface area contributed by atoms with Crippen molar-refractivity contribution in [3.63, 3.8) is 0 Å². The number of hydrogen-bond donors (Lipinski definition) is 0. The van der Waals surface area contributed by atoms with Gasteiger partial charge in [0.15, 0.2) is 5.78 Å². The summed E-state index contributed by atoms with van der Waals surface area (Å²) >= 11 is 0. The quantitative estimate of drug-likeness (QED) is 0.195.